The third-order valence-corrected chi connectivity index (χ3v) is 3.47. The van der Waals surface area contributed by atoms with Crippen LogP contribution in [0.15, 0.2) is 9.59 Å². The van der Waals surface area contributed by atoms with Crippen LogP contribution in [0.4, 0.5) is 0 Å². The average molecular weight is 252 g/mol. The monoisotopic (exact) mass is 252 g/mol. The van der Waals surface area contributed by atoms with Gasteiger partial charge in [-0.1, -0.05) is 13.8 Å². The van der Waals surface area contributed by atoms with Crippen molar-refractivity contribution in [1.29, 1.82) is 0 Å². The molecule has 5 heteroatoms. The van der Waals surface area contributed by atoms with E-state index in [2.05, 4.69) is 4.98 Å². The summed E-state index contributed by atoms with van der Waals surface area (Å²) in [5, 5.41) is 0. The van der Waals surface area contributed by atoms with Crippen molar-refractivity contribution < 1.29 is 4.74 Å². The van der Waals surface area contributed by atoms with Gasteiger partial charge in [0.05, 0.1) is 0 Å². The van der Waals surface area contributed by atoms with E-state index in [1.54, 1.807) is 0 Å². The van der Waals surface area contributed by atoms with Gasteiger partial charge < -0.3 is 9.72 Å². The van der Waals surface area contributed by atoms with Gasteiger partial charge in [-0.2, -0.15) is 0 Å². The number of H-pyrrole nitrogens is 1. The third kappa shape index (κ3) is 2.27. The number of aromatic nitrogens is 2. The lowest BCUT2D eigenvalue weighted by molar-refractivity contribution is -0.0369. The van der Waals surface area contributed by atoms with Crippen LogP contribution in [0.3, 0.4) is 0 Å². The second-order valence-electron chi connectivity index (χ2n) is 4.59. The fourth-order valence-electron chi connectivity index (χ4n) is 2.49. The second-order valence-corrected chi connectivity index (χ2v) is 4.59. The van der Waals surface area contributed by atoms with Crippen LogP contribution in [0.2, 0.25) is 0 Å². The molecule has 1 aliphatic rings. The number of hydrogen-bond donors (Lipinski definition) is 1. The minimum Gasteiger partial charge on any atom is -0.358 e. The Balaban J connectivity index is 2.53. The number of nitrogens with zero attached hydrogens (tertiary/aromatic N) is 1. The summed E-state index contributed by atoms with van der Waals surface area (Å²) in [6, 6.07) is 0. The Bertz CT molecular complexity index is 524. The Morgan fingerprint density at radius 3 is 2.61 bits per heavy atom. The lowest BCUT2D eigenvalue weighted by Gasteiger charge is -2.24. The number of nitrogens with one attached hydrogen (secondary N) is 1. The molecule has 1 atom stereocenters. The molecule has 1 aromatic rings. The first-order valence-corrected chi connectivity index (χ1v) is 6.67. The summed E-state index contributed by atoms with van der Waals surface area (Å²) in [5.74, 6) is 0. The van der Waals surface area contributed by atoms with Gasteiger partial charge in [0.2, 0.25) is 0 Å². The molecule has 0 aromatic carbocycles. The molecule has 0 saturated carbocycles. The van der Waals surface area contributed by atoms with E-state index in [1.807, 2.05) is 13.8 Å². The van der Waals surface area contributed by atoms with Crippen LogP contribution in [0, 0.1) is 0 Å². The maximum absolute atomic E-state index is 12.4. The largest absolute Gasteiger partial charge is 0.358 e. The minimum atomic E-state index is -0.397. The molecule has 5 nitrogen and oxygen atoms in total. The Morgan fingerprint density at radius 1 is 1.28 bits per heavy atom. The van der Waals surface area contributed by atoms with Gasteiger partial charge in [0.15, 0.2) is 0 Å². The third-order valence-electron chi connectivity index (χ3n) is 3.47. The van der Waals surface area contributed by atoms with Crippen molar-refractivity contribution in [1.82, 2.24) is 9.55 Å². The van der Waals surface area contributed by atoms with Crippen LogP contribution in [0.1, 0.15) is 50.6 Å². The summed E-state index contributed by atoms with van der Waals surface area (Å²) in [6.07, 6.45) is 3.62. The van der Waals surface area contributed by atoms with Crippen molar-refractivity contribution in [3.8, 4) is 0 Å². The lowest BCUT2D eigenvalue weighted by atomic mass is 10.1. The van der Waals surface area contributed by atoms with Crippen molar-refractivity contribution in [2.24, 2.45) is 0 Å². The number of rotatable bonds is 3. The maximum atomic E-state index is 12.4. The molecule has 18 heavy (non-hydrogen) atoms. The van der Waals surface area contributed by atoms with Crippen LogP contribution >= 0.6 is 0 Å². The second kappa shape index (κ2) is 5.52. The van der Waals surface area contributed by atoms with Crippen molar-refractivity contribution in [3.05, 3.63) is 32.1 Å². The summed E-state index contributed by atoms with van der Waals surface area (Å²) >= 11 is 0. The fourth-order valence-corrected chi connectivity index (χ4v) is 2.49. The zero-order chi connectivity index (χ0) is 13.1. The van der Waals surface area contributed by atoms with E-state index in [4.69, 9.17) is 4.74 Å². The van der Waals surface area contributed by atoms with Gasteiger partial charge in [0.25, 0.3) is 5.56 Å². The van der Waals surface area contributed by atoms with E-state index in [9.17, 15) is 9.59 Å². The molecular formula is C13H20N2O3. The lowest BCUT2D eigenvalue weighted by Crippen LogP contribution is -2.42. The van der Waals surface area contributed by atoms with E-state index < -0.39 is 6.23 Å². The zero-order valence-corrected chi connectivity index (χ0v) is 11.0. The molecule has 0 bridgehead atoms. The number of aromatic amines is 1. The molecule has 2 rings (SSSR count). The Kier molecular flexibility index (Phi) is 4.01. The molecule has 0 amide bonds. The van der Waals surface area contributed by atoms with Gasteiger partial charge in [-0.25, -0.2) is 9.36 Å². The molecule has 1 saturated heterocycles. The Morgan fingerprint density at radius 2 is 2.06 bits per heavy atom. The molecule has 1 fully saturated rings. The Labute approximate surface area is 106 Å². The van der Waals surface area contributed by atoms with Gasteiger partial charge in [0.1, 0.15) is 6.23 Å². The highest BCUT2D eigenvalue weighted by Crippen LogP contribution is 2.19. The van der Waals surface area contributed by atoms with Crippen LogP contribution in [0.5, 0.6) is 0 Å². The quantitative estimate of drug-likeness (QED) is 0.883. The summed E-state index contributed by atoms with van der Waals surface area (Å²) < 4.78 is 6.79. The van der Waals surface area contributed by atoms with Gasteiger partial charge in [-0.3, -0.25) is 4.79 Å². The molecule has 100 valence electrons. The van der Waals surface area contributed by atoms with E-state index >= 15 is 0 Å². The first-order chi connectivity index (χ1) is 8.69. The normalized spacial score (nSPS) is 20.0. The molecule has 0 radical (unpaired) electrons. The van der Waals surface area contributed by atoms with E-state index in [-0.39, 0.29) is 11.2 Å². The van der Waals surface area contributed by atoms with Crippen molar-refractivity contribution >= 4 is 0 Å². The topological polar surface area (TPSA) is 64.1 Å². The van der Waals surface area contributed by atoms with Crippen LogP contribution in [-0.4, -0.2) is 16.2 Å². The molecular weight excluding hydrogens is 232 g/mol. The van der Waals surface area contributed by atoms with E-state index in [1.165, 1.54) is 4.57 Å². The first-order valence-electron chi connectivity index (χ1n) is 6.67. The maximum Gasteiger partial charge on any atom is 0.330 e. The summed E-state index contributed by atoms with van der Waals surface area (Å²) in [4.78, 5) is 27.2. The Hall–Kier alpha value is -1.36. The highest BCUT2D eigenvalue weighted by atomic mass is 16.5. The van der Waals surface area contributed by atoms with E-state index in [0.717, 1.165) is 25.0 Å². The molecule has 1 N–H and O–H groups in total. The molecule has 1 aromatic heterocycles. The highest BCUT2D eigenvalue weighted by molar-refractivity contribution is 5.17. The van der Waals surface area contributed by atoms with Gasteiger partial charge in [0, 0.05) is 17.9 Å². The smallest absolute Gasteiger partial charge is 0.330 e. The van der Waals surface area contributed by atoms with Gasteiger partial charge in [-0.05, 0) is 32.1 Å². The van der Waals surface area contributed by atoms with Crippen LogP contribution in [-0.2, 0) is 17.6 Å². The first kappa shape index (κ1) is 13.1. The van der Waals surface area contributed by atoms with Crippen molar-refractivity contribution in [2.45, 2.75) is 52.2 Å². The van der Waals surface area contributed by atoms with Crippen molar-refractivity contribution in [3.63, 3.8) is 0 Å². The summed E-state index contributed by atoms with van der Waals surface area (Å²) in [6.45, 7) is 4.49. The SMILES string of the molecule is CCc1[nH]c(=O)n(C2CCCCO2)c(=O)c1CC. The summed E-state index contributed by atoms with van der Waals surface area (Å²) in [5.41, 5.74) is 0.914. The van der Waals surface area contributed by atoms with Crippen molar-refractivity contribution in [2.75, 3.05) is 6.61 Å². The van der Waals surface area contributed by atoms with Gasteiger partial charge >= 0.3 is 5.69 Å². The molecule has 1 unspecified atom stereocenters. The van der Waals surface area contributed by atoms with Gasteiger partial charge in [-0.15, -0.1) is 0 Å². The minimum absolute atomic E-state index is 0.190. The van der Waals surface area contributed by atoms with Crippen LogP contribution in [0.25, 0.3) is 0 Å². The standard InChI is InChI=1S/C13H20N2O3/c1-3-9-10(4-2)14-13(17)15(12(9)16)11-7-5-6-8-18-11/h11H,3-8H2,1-2H3,(H,14,17). The number of ether oxygens (including phenoxy) is 1. The highest BCUT2D eigenvalue weighted by Gasteiger charge is 2.21. The summed E-state index contributed by atoms with van der Waals surface area (Å²) in [7, 11) is 0. The fraction of sp³-hybridized carbons (Fsp3) is 0.692. The number of hydrogen-bond acceptors (Lipinski definition) is 3. The van der Waals surface area contributed by atoms with Crippen LogP contribution < -0.4 is 11.2 Å². The molecule has 2 heterocycles. The van der Waals surface area contributed by atoms with E-state index in [0.29, 0.717) is 25.0 Å². The molecule has 1 aliphatic heterocycles. The zero-order valence-electron chi connectivity index (χ0n) is 11.0. The predicted molar refractivity (Wildman–Crippen MR) is 68.9 cm³/mol. The average Bonchev–Trinajstić information content (AvgIpc) is 2.39. The molecule has 0 spiro atoms. The molecule has 0 aliphatic carbocycles. The number of aryl methyl sites for hydroxylation is 1. The predicted octanol–water partition coefficient (Wildman–Crippen LogP) is 1.36.